The van der Waals surface area contributed by atoms with Crippen molar-refractivity contribution < 1.29 is 23.9 Å². The topological polar surface area (TPSA) is 122 Å². The first-order valence-electron chi connectivity index (χ1n) is 4.33. The first-order chi connectivity index (χ1) is 7.22. The molecule has 9 nitrogen and oxygen atoms in total. The molecule has 16 heavy (non-hydrogen) atoms. The Morgan fingerprint density at radius 1 is 1.44 bits per heavy atom. The van der Waals surface area contributed by atoms with E-state index in [4.69, 9.17) is 4.52 Å². The van der Waals surface area contributed by atoms with Crippen LogP contribution in [0.2, 0.25) is 0 Å². The molecule has 92 valence electrons. The van der Waals surface area contributed by atoms with Gasteiger partial charge in [0.25, 0.3) is 11.1 Å². The molecule has 0 bridgehead atoms. The maximum Gasteiger partial charge on any atom is 0.295 e. The molecule has 1 saturated heterocycles. The molecule has 1 fully saturated rings. The molecule has 1 heterocycles. The van der Waals surface area contributed by atoms with Crippen molar-refractivity contribution in [1.29, 1.82) is 0 Å². The van der Waals surface area contributed by atoms with Crippen LogP contribution < -0.4 is 0 Å². The quantitative estimate of drug-likeness (QED) is 0.407. The van der Waals surface area contributed by atoms with Crippen LogP contribution in [0.1, 0.15) is 6.92 Å². The zero-order chi connectivity index (χ0) is 12.6. The second-order valence-electron chi connectivity index (χ2n) is 3.77. The Kier molecular flexibility index (Phi) is 3.20. The number of hydrogen-bond donors (Lipinski definition) is 0. The Bertz CT molecular complexity index is 372. The highest BCUT2D eigenvalue weighted by Gasteiger charge is 2.60. The van der Waals surface area contributed by atoms with E-state index in [1.807, 2.05) is 0 Å². The van der Waals surface area contributed by atoms with Crippen LogP contribution in [-0.2, 0) is 13.9 Å². The maximum atomic E-state index is 11.9. The third-order valence-electron chi connectivity index (χ3n) is 2.58. The lowest BCUT2D eigenvalue weighted by Gasteiger charge is -2.21. The molecule has 0 amide bonds. The molecule has 1 aliphatic rings. The van der Waals surface area contributed by atoms with Crippen LogP contribution in [0.5, 0.6) is 0 Å². The lowest BCUT2D eigenvalue weighted by Crippen LogP contribution is -2.46. The van der Waals surface area contributed by atoms with Gasteiger partial charge in [-0.15, -0.1) is 10.1 Å². The summed E-state index contributed by atoms with van der Waals surface area (Å²) >= 11 is 0. The van der Waals surface area contributed by atoms with E-state index in [2.05, 4.69) is 4.84 Å². The number of nitrogens with zero attached hydrogens (tertiary/aromatic N) is 2. The highest BCUT2D eigenvalue weighted by molar-refractivity contribution is 7.59. The van der Waals surface area contributed by atoms with Gasteiger partial charge < -0.3 is 4.52 Å². The summed E-state index contributed by atoms with van der Waals surface area (Å²) in [5.41, 5.74) is -1.70. The molecule has 1 rings (SSSR count). The molecular weight excluding hydrogens is 243 g/mol. The Balaban J connectivity index is 3.02. The summed E-state index contributed by atoms with van der Waals surface area (Å²) in [7, 11) is -2.05. The van der Waals surface area contributed by atoms with E-state index in [1.165, 1.54) is 6.92 Å². The first-order valence-corrected chi connectivity index (χ1v) is 6.33. The van der Waals surface area contributed by atoms with E-state index in [-0.39, 0.29) is 12.3 Å². The number of rotatable bonds is 4. The van der Waals surface area contributed by atoms with Gasteiger partial charge in [-0.05, 0) is 6.92 Å². The van der Waals surface area contributed by atoms with E-state index in [9.17, 15) is 24.8 Å². The van der Waals surface area contributed by atoms with Crippen LogP contribution in [0.15, 0.2) is 0 Å². The average molecular weight is 254 g/mol. The largest absolute Gasteiger partial charge is 0.332 e. The van der Waals surface area contributed by atoms with Crippen LogP contribution in [0, 0.1) is 20.2 Å². The first kappa shape index (κ1) is 12.9. The lowest BCUT2D eigenvalue weighted by molar-refractivity contribution is -0.788. The highest BCUT2D eigenvalue weighted by atomic mass is 31.2. The Labute approximate surface area is 90.4 Å². The predicted octanol–water partition coefficient (Wildman–Crippen LogP) is 0.537. The normalized spacial score (nSPS) is 38.2. The number of hydrogen-bond acceptors (Lipinski definition) is 7. The molecule has 0 aromatic heterocycles. The van der Waals surface area contributed by atoms with Crippen molar-refractivity contribution in [3.8, 4) is 0 Å². The molecule has 0 radical (unpaired) electrons. The van der Waals surface area contributed by atoms with Crippen molar-refractivity contribution in [2.45, 2.75) is 18.6 Å². The van der Waals surface area contributed by atoms with Crippen molar-refractivity contribution in [2.24, 2.45) is 0 Å². The molecular formula is C6H11N2O7P. The predicted molar refractivity (Wildman–Crippen MR) is 51.6 cm³/mol. The molecule has 0 aliphatic carbocycles. The Hall–Kier alpha value is -1.21. The highest BCUT2D eigenvalue weighted by Crippen LogP contribution is 2.57. The third kappa shape index (κ3) is 2.30. The molecule has 0 N–H and O–H groups in total. The molecule has 3 unspecified atom stereocenters. The minimum Gasteiger partial charge on any atom is -0.332 e. The molecule has 0 aromatic rings. The molecule has 0 saturated carbocycles. The van der Waals surface area contributed by atoms with Crippen molar-refractivity contribution in [1.82, 2.24) is 0 Å². The molecule has 10 heteroatoms. The summed E-state index contributed by atoms with van der Waals surface area (Å²) in [6.45, 7) is 1.20. The van der Waals surface area contributed by atoms with Gasteiger partial charge in [-0.2, -0.15) is 0 Å². The van der Waals surface area contributed by atoms with Crippen molar-refractivity contribution in [3.05, 3.63) is 20.2 Å². The van der Waals surface area contributed by atoms with Gasteiger partial charge in [-0.3, -0.25) is 19.5 Å². The standard InChI is InChI=1S/C6H11N2O7P/c1-6(15-8(11)12)4-16(13,14-2)3-5(6)7(9)10/h5H,3-4H2,1-2H3. The van der Waals surface area contributed by atoms with Gasteiger partial charge in [-0.1, -0.05) is 0 Å². The monoisotopic (exact) mass is 254 g/mol. The van der Waals surface area contributed by atoms with Gasteiger partial charge in [0.15, 0.2) is 5.60 Å². The van der Waals surface area contributed by atoms with Crippen molar-refractivity contribution in [2.75, 3.05) is 19.4 Å². The van der Waals surface area contributed by atoms with Gasteiger partial charge >= 0.3 is 0 Å². The van der Waals surface area contributed by atoms with Crippen molar-refractivity contribution in [3.63, 3.8) is 0 Å². The lowest BCUT2D eigenvalue weighted by atomic mass is 10.0. The minimum atomic E-state index is -3.21. The van der Waals surface area contributed by atoms with E-state index in [1.54, 1.807) is 0 Å². The van der Waals surface area contributed by atoms with E-state index in [0.29, 0.717) is 0 Å². The summed E-state index contributed by atoms with van der Waals surface area (Å²) in [5.74, 6) is 0. The number of nitro groups is 1. The Morgan fingerprint density at radius 3 is 2.38 bits per heavy atom. The summed E-state index contributed by atoms with van der Waals surface area (Å²) in [5, 5.41) is 19.9. The third-order valence-corrected chi connectivity index (χ3v) is 5.26. The summed E-state index contributed by atoms with van der Waals surface area (Å²) in [6.07, 6.45) is -0.677. The molecule has 0 spiro atoms. The van der Waals surface area contributed by atoms with Crippen LogP contribution >= 0.6 is 7.37 Å². The van der Waals surface area contributed by atoms with Crippen LogP contribution in [0.3, 0.4) is 0 Å². The average Bonchev–Trinajstić information content (AvgIpc) is 2.37. The fourth-order valence-corrected chi connectivity index (χ4v) is 4.47. The SMILES string of the molecule is COP1(=O)CC([N+](=O)[O-])C(C)(O[N+](=O)[O-])C1. The maximum absolute atomic E-state index is 11.9. The smallest absolute Gasteiger partial charge is 0.295 e. The van der Waals surface area contributed by atoms with Crippen LogP contribution in [-0.4, -0.2) is 41.1 Å². The zero-order valence-electron chi connectivity index (χ0n) is 8.69. The molecule has 1 aliphatic heterocycles. The molecule has 3 atom stereocenters. The van der Waals surface area contributed by atoms with Crippen LogP contribution in [0.25, 0.3) is 0 Å². The molecule has 0 aromatic carbocycles. The second kappa shape index (κ2) is 3.99. The fourth-order valence-electron chi connectivity index (χ4n) is 1.79. The minimum absolute atomic E-state index is 0.330. The summed E-state index contributed by atoms with van der Waals surface area (Å²) < 4.78 is 16.6. The van der Waals surface area contributed by atoms with E-state index >= 15 is 0 Å². The zero-order valence-corrected chi connectivity index (χ0v) is 9.59. The van der Waals surface area contributed by atoms with Gasteiger partial charge in [0.1, 0.15) is 0 Å². The fraction of sp³-hybridized carbons (Fsp3) is 1.00. The summed E-state index contributed by atoms with van der Waals surface area (Å²) in [4.78, 5) is 24.6. The van der Waals surface area contributed by atoms with Crippen molar-refractivity contribution >= 4 is 7.37 Å². The van der Waals surface area contributed by atoms with Gasteiger partial charge in [-0.25, -0.2) is 0 Å². The van der Waals surface area contributed by atoms with Gasteiger partial charge in [0.05, 0.1) is 12.3 Å². The van der Waals surface area contributed by atoms with E-state index < -0.39 is 29.0 Å². The van der Waals surface area contributed by atoms with Gasteiger partial charge in [0.2, 0.25) is 7.37 Å². The van der Waals surface area contributed by atoms with E-state index in [0.717, 1.165) is 7.11 Å². The second-order valence-corrected chi connectivity index (χ2v) is 6.44. The van der Waals surface area contributed by atoms with Crippen LogP contribution in [0.4, 0.5) is 0 Å². The summed E-state index contributed by atoms with van der Waals surface area (Å²) in [6, 6.07) is -1.40. The Morgan fingerprint density at radius 2 is 2.00 bits per heavy atom. The van der Waals surface area contributed by atoms with Gasteiger partial charge in [0, 0.05) is 12.0 Å².